The van der Waals surface area contributed by atoms with Crippen LogP contribution >= 0.6 is 23.2 Å². The molecular formula is C21H24Cl2N6O2S. The first-order chi connectivity index (χ1) is 15.2. The molecule has 1 aromatic heterocycles. The van der Waals surface area contributed by atoms with E-state index >= 15 is 0 Å². The highest BCUT2D eigenvalue weighted by Gasteiger charge is 2.23. The maximum absolute atomic E-state index is 12.0. The normalized spacial score (nSPS) is 16.3. The van der Waals surface area contributed by atoms with Crippen molar-refractivity contribution in [2.45, 2.75) is 6.04 Å². The monoisotopic (exact) mass is 494 g/mol. The SMILES string of the molecule is CN1CCN(c2nc(NC(CS(N)(=O)=O)c3ccccc3)c3cc(Cl)c(Cl)cc3n2)CC1. The number of halogens is 2. The molecular weight excluding hydrogens is 471 g/mol. The standard InChI is InChI=1S/C21H24Cl2N6O2S/c1-28-7-9-29(10-8-28)21-26-18-12-17(23)16(22)11-15(18)20(27-21)25-19(13-32(24,30)31)14-5-3-2-4-6-14/h2-6,11-12,19H,7-10,13H2,1H3,(H2,24,30,31)(H,25,26,27). The van der Waals surface area contributed by atoms with Crippen molar-refractivity contribution >= 4 is 55.9 Å². The lowest BCUT2D eigenvalue weighted by atomic mass is 10.1. The predicted octanol–water partition coefficient (Wildman–Crippen LogP) is 3.13. The van der Waals surface area contributed by atoms with Crippen LogP contribution in [0.2, 0.25) is 10.0 Å². The second-order valence-corrected chi connectivity index (χ2v) is 10.4. The number of hydrogen-bond acceptors (Lipinski definition) is 7. The molecule has 11 heteroatoms. The summed E-state index contributed by atoms with van der Waals surface area (Å²) in [6.07, 6.45) is 0. The Hall–Kier alpha value is -2.17. The fourth-order valence-electron chi connectivity index (χ4n) is 3.67. The molecule has 8 nitrogen and oxygen atoms in total. The summed E-state index contributed by atoms with van der Waals surface area (Å²) in [4.78, 5) is 13.8. The average molecular weight is 495 g/mol. The molecule has 0 spiro atoms. The van der Waals surface area contributed by atoms with Gasteiger partial charge in [-0.05, 0) is 24.7 Å². The summed E-state index contributed by atoms with van der Waals surface area (Å²) >= 11 is 12.5. The van der Waals surface area contributed by atoms with Gasteiger partial charge in [-0.25, -0.2) is 18.5 Å². The lowest BCUT2D eigenvalue weighted by Crippen LogP contribution is -2.45. The minimum Gasteiger partial charge on any atom is -0.361 e. The third-order valence-electron chi connectivity index (χ3n) is 5.42. The molecule has 1 aliphatic rings. The Labute approximate surface area is 197 Å². The van der Waals surface area contributed by atoms with E-state index in [-0.39, 0.29) is 5.75 Å². The van der Waals surface area contributed by atoms with Crippen LogP contribution in [0.1, 0.15) is 11.6 Å². The molecule has 3 aromatic rings. The summed E-state index contributed by atoms with van der Waals surface area (Å²) in [6, 6.07) is 12.0. The highest BCUT2D eigenvalue weighted by Crippen LogP contribution is 2.33. The zero-order chi connectivity index (χ0) is 22.9. The molecule has 0 bridgehead atoms. The van der Waals surface area contributed by atoms with Crippen LogP contribution in [0.4, 0.5) is 11.8 Å². The Kier molecular flexibility index (Phi) is 6.73. The van der Waals surface area contributed by atoms with Crippen LogP contribution in [-0.4, -0.2) is 62.3 Å². The van der Waals surface area contributed by atoms with Crippen molar-refractivity contribution in [2.24, 2.45) is 5.14 Å². The van der Waals surface area contributed by atoms with Crippen molar-refractivity contribution in [1.82, 2.24) is 14.9 Å². The number of nitrogens with one attached hydrogen (secondary N) is 1. The lowest BCUT2D eigenvalue weighted by Gasteiger charge is -2.32. The van der Waals surface area contributed by atoms with Gasteiger partial charge in [0, 0.05) is 31.6 Å². The Bertz CT molecular complexity index is 1220. The van der Waals surface area contributed by atoms with E-state index in [1.807, 2.05) is 30.3 Å². The molecule has 4 rings (SSSR count). The number of primary sulfonamides is 1. The van der Waals surface area contributed by atoms with Crippen LogP contribution in [-0.2, 0) is 10.0 Å². The predicted molar refractivity (Wildman–Crippen MR) is 130 cm³/mol. The maximum Gasteiger partial charge on any atom is 0.227 e. The summed E-state index contributed by atoms with van der Waals surface area (Å²) in [5.41, 5.74) is 1.39. The van der Waals surface area contributed by atoms with Crippen LogP contribution in [0, 0.1) is 0 Å². The van der Waals surface area contributed by atoms with Crippen molar-refractivity contribution in [2.75, 3.05) is 49.2 Å². The van der Waals surface area contributed by atoms with Gasteiger partial charge in [0.2, 0.25) is 16.0 Å². The molecule has 2 aromatic carbocycles. The molecule has 1 atom stereocenters. The number of nitrogens with zero attached hydrogens (tertiary/aromatic N) is 4. The van der Waals surface area contributed by atoms with Crippen LogP contribution in [0.5, 0.6) is 0 Å². The van der Waals surface area contributed by atoms with Gasteiger partial charge >= 0.3 is 0 Å². The number of anilines is 2. The van der Waals surface area contributed by atoms with Gasteiger partial charge in [-0.2, -0.15) is 4.98 Å². The van der Waals surface area contributed by atoms with Gasteiger partial charge in [0.05, 0.1) is 27.4 Å². The second kappa shape index (κ2) is 9.36. The maximum atomic E-state index is 12.0. The van der Waals surface area contributed by atoms with Crippen molar-refractivity contribution in [1.29, 1.82) is 0 Å². The van der Waals surface area contributed by atoms with Crippen molar-refractivity contribution in [3.05, 3.63) is 58.1 Å². The molecule has 1 saturated heterocycles. The van der Waals surface area contributed by atoms with E-state index in [0.717, 1.165) is 31.7 Å². The lowest BCUT2D eigenvalue weighted by molar-refractivity contribution is 0.311. The van der Waals surface area contributed by atoms with Gasteiger partial charge in [-0.1, -0.05) is 53.5 Å². The van der Waals surface area contributed by atoms with E-state index in [1.165, 1.54) is 0 Å². The third kappa shape index (κ3) is 5.41. The number of hydrogen-bond donors (Lipinski definition) is 2. The molecule has 2 heterocycles. The number of piperazine rings is 1. The zero-order valence-corrected chi connectivity index (χ0v) is 19.8. The quantitative estimate of drug-likeness (QED) is 0.542. The first-order valence-electron chi connectivity index (χ1n) is 10.1. The van der Waals surface area contributed by atoms with Crippen LogP contribution < -0.4 is 15.4 Å². The Morgan fingerprint density at radius 1 is 1.06 bits per heavy atom. The fourth-order valence-corrected chi connectivity index (χ4v) is 4.74. The topological polar surface area (TPSA) is 104 Å². The molecule has 170 valence electrons. The fraction of sp³-hybridized carbons (Fsp3) is 0.333. The average Bonchev–Trinajstić information content (AvgIpc) is 2.74. The van der Waals surface area contributed by atoms with Gasteiger partial charge in [0.25, 0.3) is 0 Å². The molecule has 3 N–H and O–H groups in total. The number of rotatable bonds is 6. The zero-order valence-electron chi connectivity index (χ0n) is 17.5. The van der Waals surface area contributed by atoms with Crippen molar-refractivity contribution in [3.8, 4) is 0 Å². The Morgan fingerprint density at radius 3 is 2.38 bits per heavy atom. The number of aromatic nitrogens is 2. The molecule has 0 aliphatic carbocycles. The third-order valence-corrected chi connectivity index (χ3v) is 6.94. The van der Waals surface area contributed by atoms with Gasteiger partial charge in [0.15, 0.2) is 0 Å². The summed E-state index contributed by atoms with van der Waals surface area (Å²) < 4.78 is 23.9. The summed E-state index contributed by atoms with van der Waals surface area (Å²) in [5.74, 6) is 0.724. The van der Waals surface area contributed by atoms with E-state index in [1.54, 1.807) is 12.1 Å². The van der Waals surface area contributed by atoms with Crippen LogP contribution in [0.25, 0.3) is 10.9 Å². The smallest absolute Gasteiger partial charge is 0.227 e. The molecule has 0 radical (unpaired) electrons. The van der Waals surface area contributed by atoms with Crippen LogP contribution in [0.3, 0.4) is 0 Å². The minimum atomic E-state index is -3.77. The van der Waals surface area contributed by atoms with E-state index in [2.05, 4.69) is 22.2 Å². The number of likely N-dealkylation sites (N-methyl/N-ethyl adjacent to an activating group) is 1. The molecule has 32 heavy (non-hydrogen) atoms. The largest absolute Gasteiger partial charge is 0.361 e. The van der Waals surface area contributed by atoms with Gasteiger partial charge in [-0.15, -0.1) is 0 Å². The molecule has 1 unspecified atom stereocenters. The molecule has 0 amide bonds. The highest BCUT2D eigenvalue weighted by atomic mass is 35.5. The van der Waals surface area contributed by atoms with Crippen molar-refractivity contribution < 1.29 is 8.42 Å². The van der Waals surface area contributed by atoms with Gasteiger partial charge in [0.1, 0.15) is 5.82 Å². The number of benzene rings is 2. The second-order valence-electron chi connectivity index (χ2n) is 7.88. The Balaban J connectivity index is 1.80. The summed E-state index contributed by atoms with van der Waals surface area (Å²) in [7, 11) is -1.69. The number of nitrogens with two attached hydrogens (primary N) is 1. The number of fused-ring (bicyclic) bond motifs is 1. The van der Waals surface area contributed by atoms with Crippen molar-refractivity contribution in [3.63, 3.8) is 0 Å². The van der Waals surface area contributed by atoms with Gasteiger partial charge < -0.3 is 15.1 Å². The molecule has 1 fully saturated rings. The first-order valence-corrected chi connectivity index (χ1v) is 12.6. The summed E-state index contributed by atoms with van der Waals surface area (Å²) in [5, 5.41) is 10.1. The minimum absolute atomic E-state index is 0.298. The van der Waals surface area contributed by atoms with Gasteiger partial charge in [-0.3, -0.25) is 0 Å². The van der Waals surface area contributed by atoms with E-state index < -0.39 is 16.1 Å². The Morgan fingerprint density at radius 2 is 1.72 bits per heavy atom. The molecule has 0 saturated carbocycles. The van der Waals surface area contributed by atoms with E-state index in [0.29, 0.717) is 32.7 Å². The molecule has 1 aliphatic heterocycles. The first kappa shape index (κ1) is 23.0. The van der Waals surface area contributed by atoms with E-state index in [4.69, 9.17) is 38.3 Å². The number of sulfonamides is 1. The summed E-state index contributed by atoms with van der Waals surface area (Å²) in [6.45, 7) is 3.34. The van der Waals surface area contributed by atoms with E-state index in [9.17, 15) is 8.42 Å². The van der Waals surface area contributed by atoms with Crippen LogP contribution in [0.15, 0.2) is 42.5 Å². The highest BCUT2D eigenvalue weighted by molar-refractivity contribution is 7.89.